The van der Waals surface area contributed by atoms with Crippen LogP contribution in [0.2, 0.25) is 10.0 Å². The quantitative estimate of drug-likeness (QED) is 0.939. The van der Waals surface area contributed by atoms with Gasteiger partial charge in [0, 0.05) is 13.2 Å². The van der Waals surface area contributed by atoms with E-state index in [9.17, 15) is 0 Å². The van der Waals surface area contributed by atoms with Crippen molar-refractivity contribution in [3.63, 3.8) is 0 Å². The Morgan fingerprint density at radius 3 is 2.72 bits per heavy atom. The summed E-state index contributed by atoms with van der Waals surface area (Å²) >= 11 is 11.9. The molecule has 0 saturated carbocycles. The van der Waals surface area contributed by atoms with Crippen LogP contribution in [-0.2, 0) is 7.05 Å². The van der Waals surface area contributed by atoms with Gasteiger partial charge >= 0.3 is 0 Å². The molecule has 0 amide bonds. The minimum Gasteiger partial charge on any atom is -0.493 e. The predicted octanol–water partition coefficient (Wildman–Crippen LogP) is 2.18. The average molecular weight is 287 g/mol. The minimum atomic E-state index is -0.530. The first-order valence-corrected chi connectivity index (χ1v) is 5.92. The first kappa shape index (κ1) is 13.1. The molecule has 2 aromatic heterocycles. The summed E-state index contributed by atoms with van der Waals surface area (Å²) in [6.07, 6.45) is 3.10. The highest BCUT2D eigenvalue weighted by Gasteiger charge is 2.22. The molecule has 96 valence electrons. The zero-order valence-corrected chi connectivity index (χ0v) is 11.4. The molecule has 0 fully saturated rings. The van der Waals surface area contributed by atoms with Crippen LogP contribution in [0.15, 0.2) is 18.5 Å². The van der Waals surface area contributed by atoms with Crippen molar-refractivity contribution in [3.05, 3.63) is 39.9 Å². The lowest BCUT2D eigenvalue weighted by Gasteiger charge is -2.14. The Labute approximate surface area is 114 Å². The Morgan fingerprint density at radius 1 is 1.39 bits per heavy atom. The van der Waals surface area contributed by atoms with Crippen LogP contribution in [0.5, 0.6) is 5.75 Å². The number of halogens is 2. The van der Waals surface area contributed by atoms with Crippen molar-refractivity contribution in [3.8, 4) is 5.75 Å². The van der Waals surface area contributed by atoms with Gasteiger partial charge in [-0.25, -0.2) is 0 Å². The van der Waals surface area contributed by atoms with Crippen LogP contribution < -0.4 is 10.5 Å². The zero-order chi connectivity index (χ0) is 13.3. The SMILES string of the molecule is COc1cnn(C)c1C(N)c1ncc(Cl)cc1Cl. The number of rotatable bonds is 3. The molecule has 0 radical (unpaired) electrons. The molecular weight excluding hydrogens is 275 g/mol. The van der Waals surface area contributed by atoms with Gasteiger partial charge in [-0.2, -0.15) is 5.10 Å². The van der Waals surface area contributed by atoms with E-state index in [1.807, 2.05) is 0 Å². The highest BCUT2D eigenvalue weighted by molar-refractivity contribution is 6.34. The van der Waals surface area contributed by atoms with Crippen LogP contribution in [-0.4, -0.2) is 21.9 Å². The van der Waals surface area contributed by atoms with Crippen LogP contribution in [0.4, 0.5) is 0 Å². The maximum absolute atomic E-state index is 6.16. The van der Waals surface area contributed by atoms with Crippen LogP contribution in [0.25, 0.3) is 0 Å². The molecule has 0 spiro atoms. The number of nitrogens with zero attached hydrogens (tertiary/aromatic N) is 3. The van der Waals surface area contributed by atoms with E-state index in [0.29, 0.717) is 27.2 Å². The molecule has 0 aliphatic rings. The van der Waals surface area contributed by atoms with Crippen molar-refractivity contribution in [1.29, 1.82) is 0 Å². The second-order valence-electron chi connectivity index (χ2n) is 3.72. The monoisotopic (exact) mass is 286 g/mol. The molecule has 2 heterocycles. The van der Waals surface area contributed by atoms with Gasteiger partial charge in [-0.05, 0) is 6.07 Å². The fourth-order valence-corrected chi connectivity index (χ4v) is 2.22. The highest BCUT2D eigenvalue weighted by atomic mass is 35.5. The lowest BCUT2D eigenvalue weighted by Crippen LogP contribution is -2.18. The molecule has 0 aliphatic heterocycles. The van der Waals surface area contributed by atoms with E-state index in [-0.39, 0.29) is 0 Å². The lowest BCUT2D eigenvalue weighted by molar-refractivity contribution is 0.405. The standard InChI is InChI=1S/C11H12Cl2N4O/c1-17-11(8(18-2)5-16-17)9(14)10-7(13)3-6(12)4-15-10/h3-5,9H,14H2,1-2H3. The first-order chi connectivity index (χ1) is 8.54. The Bertz CT molecular complexity index is 570. The normalized spacial score (nSPS) is 12.5. The summed E-state index contributed by atoms with van der Waals surface area (Å²) in [5.74, 6) is 0.595. The third-order valence-electron chi connectivity index (χ3n) is 2.59. The van der Waals surface area contributed by atoms with E-state index in [0.717, 1.165) is 0 Å². The van der Waals surface area contributed by atoms with Gasteiger partial charge in [0.05, 0.1) is 35.1 Å². The molecule has 1 atom stereocenters. The van der Waals surface area contributed by atoms with Gasteiger partial charge in [0.1, 0.15) is 5.69 Å². The Kier molecular flexibility index (Phi) is 3.75. The lowest BCUT2D eigenvalue weighted by atomic mass is 10.1. The summed E-state index contributed by atoms with van der Waals surface area (Å²) < 4.78 is 6.85. The van der Waals surface area contributed by atoms with Crippen molar-refractivity contribution < 1.29 is 4.74 Å². The van der Waals surface area contributed by atoms with Gasteiger partial charge in [-0.15, -0.1) is 0 Å². The van der Waals surface area contributed by atoms with Gasteiger partial charge in [0.15, 0.2) is 5.75 Å². The van der Waals surface area contributed by atoms with E-state index in [2.05, 4.69) is 10.1 Å². The number of hydrogen-bond donors (Lipinski definition) is 1. The topological polar surface area (TPSA) is 66.0 Å². The summed E-state index contributed by atoms with van der Waals surface area (Å²) in [6.45, 7) is 0. The number of ether oxygens (including phenoxy) is 1. The third-order valence-corrected chi connectivity index (χ3v) is 3.10. The van der Waals surface area contributed by atoms with Crippen LogP contribution >= 0.6 is 23.2 Å². The molecule has 2 N–H and O–H groups in total. The van der Waals surface area contributed by atoms with E-state index in [4.69, 9.17) is 33.7 Å². The summed E-state index contributed by atoms with van der Waals surface area (Å²) in [7, 11) is 3.34. The number of aromatic nitrogens is 3. The summed E-state index contributed by atoms with van der Waals surface area (Å²) in [4.78, 5) is 4.16. The van der Waals surface area contributed by atoms with Gasteiger partial charge in [-0.1, -0.05) is 23.2 Å². The van der Waals surface area contributed by atoms with Gasteiger partial charge in [-0.3, -0.25) is 9.67 Å². The molecule has 5 nitrogen and oxygen atoms in total. The van der Waals surface area contributed by atoms with Gasteiger partial charge < -0.3 is 10.5 Å². The molecule has 7 heteroatoms. The van der Waals surface area contributed by atoms with Crippen LogP contribution in [0, 0.1) is 0 Å². The van der Waals surface area contributed by atoms with E-state index < -0.39 is 6.04 Å². The van der Waals surface area contributed by atoms with E-state index >= 15 is 0 Å². The van der Waals surface area contributed by atoms with Crippen molar-refractivity contribution in [2.45, 2.75) is 6.04 Å². The molecule has 1 unspecified atom stereocenters. The zero-order valence-electron chi connectivity index (χ0n) is 9.89. The number of aryl methyl sites for hydroxylation is 1. The molecule has 0 aliphatic carbocycles. The largest absolute Gasteiger partial charge is 0.493 e. The molecule has 0 bridgehead atoms. The van der Waals surface area contributed by atoms with Gasteiger partial charge in [0.25, 0.3) is 0 Å². The van der Waals surface area contributed by atoms with Crippen molar-refractivity contribution >= 4 is 23.2 Å². The van der Waals surface area contributed by atoms with E-state index in [1.54, 1.807) is 31.1 Å². The maximum Gasteiger partial charge on any atom is 0.161 e. The second-order valence-corrected chi connectivity index (χ2v) is 4.56. The minimum absolute atomic E-state index is 0.415. The predicted molar refractivity (Wildman–Crippen MR) is 70.0 cm³/mol. The average Bonchev–Trinajstić information content (AvgIpc) is 2.69. The molecule has 0 saturated heterocycles. The highest BCUT2D eigenvalue weighted by Crippen LogP contribution is 2.31. The third kappa shape index (κ3) is 2.29. The molecular formula is C11H12Cl2N4O. The summed E-state index contributed by atoms with van der Waals surface area (Å²) in [6, 6.07) is 1.07. The molecule has 0 aromatic carbocycles. The van der Waals surface area contributed by atoms with E-state index in [1.165, 1.54) is 6.20 Å². The Morgan fingerprint density at radius 2 is 2.11 bits per heavy atom. The molecule has 2 rings (SSSR count). The van der Waals surface area contributed by atoms with Crippen molar-refractivity contribution in [2.24, 2.45) is 12.8 Å². The summed E-state index contributed by atoms with van der Waals surface area (Å²) in [5.41, 5.74) is 7.39. The van der Waals surface area contributed by atoms with Gasteiger partial charge in [0.2, 0.25) is 0 Å². The van der Waals surface area contributed by atoms with Crippen LogP contribution in [0.3, 0.4) is 0 Å². The Balaban J connectivity index is 2.47. The summed E-state index contributed by atoms with van der Waals surface area (Å²) in [5, 5.41) is 4.98. The fourth-order valence-electron chi connectivity index (χ4n) is 1.72. The number of pyridine rings is 1. The fraction of sp³-hybridized carbons (Fsp3) is 0.273. The molecule has 18 heavy (non-hydrogen) atoms. The number of methoxy groups -OCH3 is 1. The first-order valence-electron chi connectivity index (χ1n) is 5.17. The number of nitrogens with two attached hydrogens (primary N) is 1. The molecule has 2 aromatic rings. The van der Waals surface area contributed by atoms with Crippen LogP contribution in [0.1, 0.15) is 17.4 Å². The maximum atomic E-state index is 6.16. The smallest absolute Gasteiger partial charge is 0.161 e. The Hall–Kier alpha value is -1.30. The second kappa shape index (κ2) is 5.14. The van der Waals surface area contributed by atoms with Crippen molar-refractivity contribution in [2.75, 3.05) is 7.11 Å². The number of hydrogen-bond acceptors (Lipinski definition) is 4. The van der Waals surface area contributed by atoms with Crippen molar-refractivity contribution in [1.82, 2.24) is 14.8 Å².